The maximum atomic E-state index is 9.55. The van der Waals surface area contributed by atoms with Gasteiger partial charge in [0.2, 0.25) is 0 Å². The molecule has 4 heteroatoms. The zero-order valence-electron chi connectivity index (χ0n) is 10.6. The van der Waals surface area contributed by atoms with Gasteiger partial charge < -0.3 is 15.7 Å². The number of aliphatic hydroxyl groups excluding tert-OH is 1. The van der Waals surface area contributed by atoms with Gasteiger partial charge in [0, 0.05) is 42.3 Å². The monoisotopic (exact) mass is 235 g/mol. The van der Waals surface area contributed by atoms with Crippen LogP contribution < -0.4 is 10.6 Å². The minimum atomic E-state index is -0.142. The molecule has 1 aliphatic rings. The molecule has 94 valence electrons. The predicted octanol–water partition coefficient (Wildman–Crippen LogP) is 1.12. The van der Waals surface area contributed by atoms with Crippen molar-refractivity contribution in [3.63, 3.8) is 0 Å². The smallest absolute Gasteiger partial charge is 0.0574 e. The van der Waals surface area contributed by atoms with Crippen molar-refractivity contribution >= 4 is 5.69 Å². The van der Waals surface area contributed by atoms with Gasteiger partial charge in [0.15, 0.2) is 0 Å². The van der Waals surface area contributed by atoms with E-state index in [1.54, 1.807) is 0 Å². The second-order valence-electron chi connectivity index (χ2n) is 4.77. The molecule has 3 N–H and O–H groups in total. The summed E-state index contributed by atoms with van der Waals surface area (Å²) < 4.78 is 0. The van der Waals surface area contributed by atoms with Gasteiger partial charge in [-0.2, -0.15) is 0 Å². The number of aliphatic hydroxyl groups is 1. The molecule has 0 aromatic carbocycles. The van der Waals surface area contributed by atoms with E-state index in [4.69, 9.17) is 5.73 Å². The lowest BCUT2D eigenvalue weighted by atomic mass is 10.0. The average Bonchev–Trinajstić information content (AvgIpc) is 2.29. The Bertz CT molecular complexity index is 398. The van der Waals surface area contributed by atoms with Crippen molar-refractivity contribution < 1.29 is 5.11 Å². The van der Waals surface area contributed by atoms with Crippen molar-refractivity contribution in [1.82, 2.24) is 4.98 Å². The third kappa shape index (κ3) is 2.58. The fraction of sp³-hybridized carbons (Fsp3) is 0.615. The molecule has 0 spiro atoms. The second-order valence-corrected chi connectivity index (χ2v) is 4.77. The molecule has 1 fully saturated rings. The number of rotatable bonds is 2. The maximum absolute atomic E-state index is 9.55. The van der Waals surface area contributed by atoms with E-state index in [9.17, 15) is 5.11 Å². The number of nitrogens with zero attached hydrogens (tertiary/aromatic N) is 2. The van der Waals surface area contributed by atoms with E-state index in [0.29, 0.717) is 6.54 Å². The van der Waals surface area contributed by atoms with Gasteiger partial charge in [-0.1, -0.05) is 0 Å². The molecular formula is C13H21N3O. The molecule has 17 heavy (non-hydrogen) atoms. The zero-order chi connectivity index (χ0) is 12.4. The van der Waals surface area contributed by atoms with Crippen LogP contribution in [0.3, 0.4) is 0 Å². The van der Waals surface area contributed by atoms with Crippen molar-refractivity contribution in [2.24, 2.45) is 5.73 Å². The fourth-order valence-electron chi connectivity index (χ4n) is 2.48. The van der Waals surface area contributed by atoms with Crippen LogP contribution in [-0.4, -0.2) is 29.3 Å². The van der Waals surface area contributed by atoms with E-state index in [0.717, 1.165) is 42.9 Å². The van der Waals surface area contributed by atoms with Crippen molar-refractivity contribution in [3.05, 3.63) is 23.0 Å². The zero-order valence-corrected chi connectivity index (χ0v) is 10.6. The minimum Gasteiger partial charge on any atom is -0.393 e. The summed E-state index contributed by atoms with van der Waals surface area (Å²) in [6.07, 6.45) is 1.53. The van der Waals surface area contributed by atoms with Crippen LogP contribution in [-0.2, 0) is 6.54 Å². The highest BCUT2D eigenvalue weighted by molar-refractivity contribution is 5.56. The summed E-state index contributed by atoms with van der Waals surface area (Å²) in [5.74, 6) is 0. The quantitative estimate of drug-likeness (QED) is 0.806. The number of hydrogen-bond acceptors (Lipinski definition) is 4. The van der Waals surface area contributed by atoms with E-state index >= 15 is 0 Å². The van der Waals surface area contributed by atoms with Crippen LogP contribution in [0.25, 0.3) is 0 Å². The lowest BCUT2D eigenvalue weighted by molar-refractivity contribution is 0.145. The Balaban J connectivity index is 2.30. The lowest BCUT2D eigenvalue weighted by Gasteiger charge is -2.33. The highest BCUT2D eigenvalue weighted by Gasteiger charge is 2.20. The van der Waals surface area contributed by atoms with Gasteiger partial charge in [-0.3, -0.25) is 4.98 Å². The summed E-state index contributed by atoms with van der Waals surface area (Å²) in [7, 11) is 0. The standard InChI is InChI=1S/C13H21N3O/c1-9-7-13(12(8-14)10(2)15-9)16-5-3-11(17)4-6-16/h7,11,17H,3-6,8,14H2,1-2H3. The molecule has 4 nitrogen and oxygen atoms in total. The molecule has 1 saturated heterocycles. The SMILES string of the molecule is Cc1cc(N2CCC(O)CC2)c(CN)c(C)n1. The van der Waals surface area contributed by atoms with Gasteiger partial charge in [-0.05, 0) is 32.8 Å². The highest BCUT2D eigenvalue weighted by atomic mass is 16.3. The van der Waals surface area contributed by atoms with Gasteiger partial charge in [0.05, 0.1) is 6.10 Å². The highest BCUT2D eigenvalue weighted by Crippen LogP contribution is 2.26. The summed E-state index contributed by atoms with van der Waals surface area (Å²) in [5, 5.41) is 9.55. The Labute approximate surface area is 102 Å². The molecule has 2 rings (SSSR count). The van der Waals surface area contributed by atoms with Crippen LogP contribution >= 0.6 is 0 Å². The Morgan fingerprint density at radius 3 is 2.65 bits per heavy atom. The molecule has 0 unspecified atom stereocenters. The number of piperidine rings is 1. The summed E-state index contributed by atoms with van der Waals surface area (Å²) in [4.78, 5) is 6.77. The Morgan fingerprint density at radius 1 is 1.41 bits per heavy atom. The van der Waals surface area contributed by atoms with Crippen LogP contribution in [0.1, 0.15) is 29.8 Å². The molecule has 0 saturated carbocycles. The molecule has 0 radical (unpaired) electrons. The molecule has 2 heterocycles. The number of aryl methyl sites for hydroxylation is 2. The number of aromatic nitrogens is 1. The van der Waals surface area contributed by atoms with Crippen molar-refractivity contribution in [1.29, 1.82) is 0 Å². The van der Waals surface area contributed by atoms with Gasteiger partial charge in [-0.25, -0.2) is 0 Å². The van der Waals surface area contributed by atoms with E-state index in [2.05, 4.69) is 16.0 Å². The van der Waals surface area contributed by atoms with E-state index in [1.807, 2.05) is 13.8 Å². The average molecular weight is 235 g/mol. The summed E-state index contributed by atoms with van der Waals surface area (Å²) in [6, 6.07) is 2.10. The van der Waals surface area contributed by atoms with Gasteiger partial charge in [0.1, 0.15) is 0 Å². The van der Waals surface area contributed by atoms with Crippen LogP contribution in [0.15, 0.2) is 6.07 Å². The molecule has 1 aliphatic heterocycles. The first-order chi connectivity index (χ1) is 8.11. The van der Waals surface area contributed by atoms with Crippen molar-refractivity contribution in [2.75, 3.05) is 18.0 Å². The first-order valence-electron chi connectivity index (χ1n) is 6.22. The van der Waals surface area contributed by atoms with Crippen LogP contribution in [0, 0.1) is 13.8 Å². The minimum absolute atomic E-state index is 0.142. The fourth-order valence-corrected chi connectivity index (χ4v) is 2.48. The predicted molar refractivity (Wildman–Crippen MR) is 69.1 cm³/mol. The third-order valence-corrected chi connectivity index (χ3v) is 3.44. The molecule has 0 bridgehead atoms. The second kappa shape index (κ2) is 5.02. The third-order valence-electron chi connectivity index (χ3n) is 3.44. The summed E-state index contributed by atoms with van der Waals surface area (Å²) in [6.45, 7) is 6.34. The summed E-state index contributed by atoms with van der Waals surface area (Å²) in [5.41, 5.74) is 10.2. The first kappa shape index (κ1) is 12.3. The summed E-state index contributed by atoms with van der Waals surface area (Å²) >= 11 is 0. The number of pyridine rings is 1. The Hall–Kier alpha value is -1.13. The molecule has 0 amide bonds. The molecule has 0 atom stereocenters. The van der Waals surface area contributed by atoms with Crippen molar-refractivity contribution in [2.45, 2.75) is 39.3 Å². The van der Waals surface area contributed by atoms with E-state index in [-0.39, 0.29) is 6.10 Å². The van der Waals surface area contributed by atoms with E-state index in [1.165, 1.54) is 5.69 Å². The van der Waals surface area contributed by atoms with Crippen LogP contribution in [0.2, 0.25) is 0 Å². The molecule has 0 aliphatic carbocycles. The number of nitrogens with two attached hydrogens (primary N) is 1. The molecule has 1 aromatic heterocycles. The van der Waals surface area contributed by atoms with E-state index < -0.39 is 0 Å². The topological polar surface area (TPSA) is 62.4 Å². The molecule has 1 aromatic rings. The Morgan fingerprint density at radius 2 is 2.06 bits per heavy atom. The maximum Gasteiger partial charge on any atom is 0.0574 e. The van der Waals surface area contributed by atoms with Crippen molar-refractivity contribution in [3.8, 4) is 0 Å². The van der Waals surface area contributed by atoms with Gasteiger partial charge in [0.25, 0.3) is 0 Å². The van der Waals surface area contributed by atoms with Gasteiger partial charge >= 0.3 is 0 Å². The van der Waals surface area contributed by atoms with Gasteiger partial charge in [-0.15, -0.1) is 0 Å². The van der Waals surface area contributed by atoms with Crippen LogP contribution in [0.5, 0.6) is 0 Å². The van der Waals surface area contributed by atoms with Crippen LogP contribution in [0.4, 0.5) is 5.69 Å². The number of anilines is 1. The number of hydrogen-bond donors (Lipinski definition) is 2. The lowest BCUT2D eigenvalue weighted by Crippen LogP contribution is -2.36. The molecular weight excluding hydrogens is 214 g/mol. The normalized spacial score (nSPS) is 17.5. The Kier molecular flexibility index (Phi) is 3.64. The first-order valence-corrected chi connectivity index (χ1v) is 6.22. The largest absolute Gasteiger partial charge is 0.393 e.